The Labute approximate surface area is 117 Å². The van der Waals surface area contributed by atoms with Crippen molar-refractivity contribution in [2.75, 3.05) is 30.3 Å². The Kier molecular flexibility index (Phi) is 5.07. The van der Waals surface area contributed by atoms with Crippen LogP contribution in [-0.4, -0.2) is 47.4 Å². The number of benzene rings is 1. The molecule has 104 valence electrons. The van der Waals surface area contributed by atoms with Gasteiger partial charge < -0.3 is 20.6 Å². The van der Waals surface area contributed by atoms with Gasteiger partial charge in [0.25, 0.3) is 0 Å². The number of amides is 1. The van der Waals surface area contributed by atoms with Crippen molar-refractivity contribution in [3.8, 4) is 0 Å². The van der Waals surface area contributed by atoms with Crippen LogP contribution >= 0.6 is 11.8 Å². The highest BCUT2D eigenvalue weighted by Gasteiger charge is 2.29. The number of aliphatic hydroxyl groups excluding tert-OH is 1. The Hall–Kier alpha value is -1.24. The van der Waals surface area contributed by atoms with E-state index in [1.165, 1.54) is 0 Å². The highest BCUT2D eigenvalue weighted by molar-refractivity contribution is 8.00. The van der Waals surface area contributed by atoms with Crippen molar-refractivity contribution in [3.63, 3.8) is 0 Å². The SMILES string of the molecule is NCc1ccc(N2CCSC2N(C=O)CCO)cc1. The monoisotopic (exact) mass is 281 g/mol. The summed E-state index contributed by atoms with van der Waals surface area (Å²) < 4.78 is 0. The second kappa shape index (κ2) is 6.79. The van der Waals surface area contributed by atoms with Gasteiger partial charge in [-0.25, -0.2) is 0 Å². The van der Waals surface area contributed by atoms with Gasteiger partial charge in [-0.2, -0.15) is 0 Å². The average Bonchev–Trinajstić information content (AvgIpc) is 2.94. The summed E-state index contributed by atoms with van der Waals surface area (Å²) in [5, 5.41) is 9.01. The first-order chi connectivity index (χ1) is 9.30. The number of carbonyl (C=O) groups is 1. The van der Waals surface area contributed by atoms with Crippen molar-refractivity contribution in [3.05, 3.63) is 29.8 Å². The maximum Gasteiger partial charge on any atom is 0.212 e. The lowest BCUT2D eigenvalue weighted by atomic mass is 10.2. The first-order valence-corrected chi connectivity index (χ1v) is 7.34. The second-order valence-electron chi connectivity index (χ2n) is 4.33. The highest BCUT2D eigenvalue weighted by atomic mass is 32.2. The summed E-state index contributed by atoms with van der Waals surface area (Å²) in [6.45, 7) is 1.77. The lowest BCUT2D eigenvalue weighted by Crippen LogP contribution is -2.43. The van der Waals surface area contributed by atoms with E-state index in [0.29, 0.717) is 13.1 Å². The van der Waals surface area contributed by atoms with Gasteiger partial charge in [0.05, 0.1) is 6.61 Å². The molecule has 6 heteroatoms. The smallest absolute Gasteiger partial charge is 0.212 e. The molecule has 1 unspecified atom stereocenters. The van der Waals surface area contributed by atoms with Crippen LogP contribution in [0.4, 0.5) is 5.69 Å². The van der Waals surface area contributed by atoms with Crippen LogP contribution in [0.25, 0.3) is 0 Å². The zero-order valence-electron chi connectivity index (χ0n) is 10.7. The summed E-state index contributed by atoms with van der Waals surface area (Å²) in [5.74, 6) is 0.971. The molecule has 1 amide bonds. The number of nitrogens with zero attached hydrogens (tertiary/aromatic N) is 2. The predicted molar refractivity (Wildman–Crippen MR) is 77.8 cm³/mol. The zero-order chi connectivity index (χ0) is 13.7. The number of thioether (sulfide) groups is 1. The molecular weight excluding hydrogens is 262 g/mol. The molecule has 3 N–H and O–H groups in total. The van der Waals surface area contributed by atoms with Gasteiger partial charge in [0, 0.05) is 31.1 Å². The molecule has 0 aromatic heterocycles. The predicted octanol–water partition coefficient (Wildman–Crippen LogP) is 0.433. The average molecular weight is 281 g/mol. The van der Waals surface area contributed by atoms with E-state index >= 15 is 0 Å². The number of rotatable bonds is 6. The van der Waals surface area contributed by atoms with Gasteiger partial charge in [-0.15, -0.1) is 11.8 Å². The number of hydrogen-bond donors (Lipinski definition) is 2. The Morgan fingerprint density at radius 1 is 1.47 bits per heavy atom. The maximum atomic E-state index is 11.1. The molecule has 1 aliphatic rings. The van der Waals surface area contributed by atoms with Crippen LogP contribution < -0.4 is 10.6 Å². The molecule has 1 atom stereocenters. The minimum atomic E-state index is -0.0339. The molecule has 1 heterocycles. The van der Waals surface area contributed by atoms with Crippen LogP contribution in [0.5, 0.6) is 0 Å². The third-order valence-corrected chi connectivity index (χ3v) is 4.39. The highest BCUT2D eigenvalue weighted by Crippen LogP contribution is 2.31. The van der Waals surface area contributed by atoms with E-state index in [2.05, 4.69) is 4.90 Å². The topological polar surface area (TPSA) is 69.8 Å². The van der Waals surface area contributed by atoms with E-state index in [0.717, 1.165) is 30.0 Å². The molecule has 19 heavy (non-hydrogen) atoms. The van der Waals surface area contributed by atoms with E-state index < -0.39 is 0 Å². The fourth-order valence-electron chi connectivity index (χ4n) is 2.14. The van der Waals surface area contributed by atoms with Crippen LogP contribution in [0.2, 0.25) is 0 Å². The number of anilines is 1. The van der Waals surface area contributed by atoms with E-state index in [4.69, 9.17) is 10.8 Å². The molecular formula is C13H19N3O2S. The molecule has 1 saturated heterocycles. The summed E-state index contributed by atoms with van der Waals surface area (Å²) in [4.78, 5) is 14.9. The van der Waals surface area contributed by atoms with Gasteiger partial charge in [0.2, 0.25) is 6.41 Å². The molecule has 0 spiro atoms. The molecule has 2 rings (SSSR count). The maximum absolute atomic E-state index is 11.1. The van der Waals surface area contributed by atoms with Gasteiger partial charge in [-0.05, 0) is 17.7 Å². The number of aliphatic hydroxyl groups is 1. The normalized spacial score (nSPS) is 18.6. The van der Waals surface area contributed by atoms with Crippen molar-refractivity contribution in [2.24, 2.45) is 5.73 Å². The van der Waals surface area contributed by atoms with Gasteiger partial charge >= 0.3 is 0 Å². The summed E-state index contributed by atoms with van der Waals surface area (Å²) in [6, 6.07) is 8.07. The number of nitrogens with two attached hydrogens (primary N) is 1. The molecule has 5 nitrogen and oxygen atoms in total. The summed E-state index contributed by atoms with van der Waals surface area (Å²) >= 11 is 1.71. The van der Waals surface area contributed by atoms with Crippen molar-refractivity contribution in [2.45, 2.75) is 12.0 Å². The molecule has 0 saturated carbocycles. The molecule has 1 aliphatic heterocycles. The van der Waals surface area contributed by atoms with E-state index in [1.807, 2.05) is 24.3 Å². The molecule has 0 aliphatic carbocycles. The minimum absolute atomic E-state index is 0.0181. The summed E-state index contributed by atoms with van der Waals surface area (Å²) in [7, 11) is 0. The molecule has 1 aromatic carbocycles. The van der Waals surface area contributed by atoms with Crippen LogP contribution in [0.1, 0.15) is 5.56 Å². The van der Waals surface area contributed by atoms with Crippen LogP contribution in [-0.2, 0) is 11.3 Å². The van der Waals surface area contributed by atoms with Crippen molar-refractivity contribution < 1.29 is 9.90 Å². The third-order valence-electron chi connectivity index (χ3n) is 3.15. The van der Waals surface area contributed by atoms with Crippen LogP contribution in [0, 0.1) is 0 Å². The molecule has 1 aromatic rings. The quantitative estimate of drug-likeness (QED) is 0.740. The Morgan fingerprint density at radius 2 is 2.21 bits per heavy atom. The van der Waals surface area contributed by atoms with Crippen LogP contribution in [0.3, 0.4) is 0 Å². The van der Waals surface area contributed by atoms with E-state index in [1.54, 1.807) is 16.7 Å². The van der Waals surface area contributed by atoms with Crippen molar-refractivity contribution in [1.29, 1.82) is 0 Å². The van der Waals surface area contributed by atoms with Gasteiger partial charge in [0.15, 0.2) is 5.50 Å². The standard InChI is InChI=1S/C13H19N3O2S/c14-9-11-1-3-12(4-2-11)16-6-8-19-13(16)15(10-18)5-7-17/h1-4,10,13,17H,5-9,14H2. The van der Waals surface area contributed by atoms with Crippen molar-refractivity contribution >= 4 is 23.9 Å². The fraction of sp³-hybridized carbons (Fsp3) is 0.462. The summed E-state index contributed by atoms with van der Waals surface area (Å²) in [6.07, 6.45) is 0.806. The summed E-state index contributed by atoms with van der Waals surface area (Å²) in [5.41, 5.74) is 7.73. The molecule has 0 radical (unpaired) electrons. The van der Waals surface area contributed by atoms with E-state index in [9.17, 15) is 4.79 Å². The van der Waals surface area contributed by atoms with Crippen molar-refractivity contribution in [1.82, 2.24) is 4.90 Å². The first kappa shape index (κ1) is 14.2. The largest absolute Gasteiger partial charge is 0.395 e. The Bertz CT molecular complexity index is 413. The lowest BCUT2D eigenvalue weighted by molar-refractivity contribution is -0.119. The van der Waals surface area contributed by atoms with Gasteiger partial charge in [-0.1, -0.05) is 12.1 Å². The fourth-order valence-corrected chi connectivity index (χ4v) is 3.41. The van der Waals surface area contributed by atoms with Crippen LogP contribution in [0.15, 0.2) is 24.3 Å². The second-order valence-corrected chi connectivity index (χ2v) is 5.49. The van der Waals surface area contributed by atoms with Gasteiger partial charge in [-0.3, -0.25) is 4.79 Å². The number of carbonyl (C=O) groups excluding carboxylic acids is 1. The first-order valence-electron chi connectivity index (χ1n) is 6.29. The zero-order valence-corrected chi connectivity index (χ0v) is 11.6. The third kappa shape index (κ3) is 3.20. The Morgan fingerprint density at radius 3 is 2.79 bits per heavy atom. The van der Waals surface area contributed by atoms with Gasteiger partial charge in [0.1, 0.15) is 0 Å². The number of hydrogen-bond acceptors (Lipinski definition) is 5. The molecule has 1 fully saturated rings. The van der Waals surface area contributed by atoms with E-state index in [-0.39, 0.29) is 12.1 Å². The minimum Gasteiger partial charge on any atom is -0.395 e. The lowest BCUT2D eigenvalue weighted by Gasteiger charge is -2.32. The molecule has 0 bridgehead atoms. The Balaban J connectivity index is 2.14.